The average molecular weight is 244 g/mol. The van der Waals surface area contributed by atoms with Gasteiger partial charge in [-0.25, -0.2) is 0 Å². The van der Waals surface area contributed by atoms with Gasteiger partial charge in [0, 0.05) is 0 Å². The summed E-state index contributed by atoms with van der Waals surface area (Å²) in [5.74, 6) is 1.61. The lowest BCUT2D eigenvalue weighted by Crippen LogP contribution is -2.01. The number of methoxy groups -OCH3 is 1. The number of aliphatic hydroxyl groups is 1. The quantitative estimate of drug-likeness (QED) is 0.879. The lowest BCUT2D eigenvalue weighted by molar-refractivity contribution is 0.201. The van der Waals surface area contributed by atoms with Gasteiger partial charge in [-0.3, -0.25) is 0 Å². The van der Waals surface area contributed by atoms with E-state index >= 15 is 0 Å². The Labute approximate surface area is 107 Å². The molecule has 0 saturated heterocycles. The molecule has 0 spiro atoms. The van der Waals surface area contributed by atoms with Crippen LogP contribution in [0.15, 0.2) is 48.5 Å². The van der Waals surface area contributed by atoms with Crippen LogP contribution in [0.4, 0.5) is 0 Å². The van der Waals surface area contributed by atoms with E-state index in [0.717, 1.165) is 22.6 Å². The maximum absolute atomic E-state index is 8.67. The highest BCUT2D eigenvalue weighted by Gasteiger charge is 1.99. The van der Waals surface area contributed by atoms with Crippen molar-refractivity contribution in [1.29, 1.82) is 0 Å². The van der Waals surface area contributed by atoms with E-state index < -0.39 is 0 Å². The second-order valence-corrected chi connectivity index (χ2v) is 3.82. The van der Waals surface area contributed by atoms with Gasteiger partial charge in [-0.05, 0) is 35.4 Å². The maximum Gasteiger partial charge on any atom is 0.119 e. The lowest BCUT2D eigenvalue weighted by atomic mass is 10.1. The lowest BCUT2D eigenvalue weighted by Gasteiger charge is -2.06. The van der Waals surface area contributed by atoms with E-state index in [-0.39, 0.29) is 6.61 Å². The summed E-state index contributed by atoms with van der Waals surface area (Å²) in [4.78, 5) is 0. The highest BCUT2D eigenvalue weighted by molar-refractivity contribution is 5.64. The molecule has 1 N–H and O–H groups in total. The Hall–Kier alpha value is -2.00. The van der Waals surface area contributed by atoms with Crippen molar-refractivity contribution in [3.05, 3.63) is 48.5 Å². The zero-order valence-corrected chi connectivity index (χ0v) is 10.3. The molecule has 0 atom stereocenters. The molecule has 0 aliphatic rings. The highest BCUT2D eigenvalue weighted by atomic mass is 16.5. The summed E-state index contributed by atoms with van der Waals surface area (Å²) in [6.45, 7) is 0.349. The fourth-order valence-corrected chi connectivity index (χ4v) is 1.69. The van der Waals surface area contributed by atoms with Crippen LogP contribution in [0.25, 0.3) is 11.1 Å². The van der Waals surface area contributed by atoms with E-state index in [0.29, 0.717) is 6.61 Å². The van der Waals surface area contributed by atoms with Crippen molar-refractivity contribution in [2.45, 2.75) is 0 Å². The largest absolute Gasteiger partial charge is 0.497 e. The summed E-state index contributed by atoms with van der Waals surface area (Å²) in [7, 11) is 1.66. The Morgan fingerprint density at radius 2 is 1.33 bits per heavy atom. The summed E-state index contributed by atoms with van der Waals surface area (Å²) >= 11 is 0. The van der Waals surface area contributed by atoms with Crippen LogP contribution < -0.4 is 9.47 Å². The van der Waals surface area contributed by atoms with Crippen LogP contribution in [-0.4, -0.2) is 25.4 Å². The SMILES string of the molecule is COc1ccc(-c2ccc(OCCO)cc2)cc1. The molecule has 0 aromatic heterocycles. The van der Waals surface area contributed by atoms with Gasteiger partial charge in [-0.2, -0.15) is 0 Å². The zero-order valence-electron chi connectivity index (χ0n) is 10.3. The van der Waals surface area contributed by atoms with Crippen LogP contribution in [0.5, 0.6) is 11.5 Å². The molecule has 0 aliphatic carbocycles. The van der Waals surface area contributed by atoms with E-state index in [1.807, 2.05) is 48.5 Å². The predicted molar refractivity (Wildman–Crippen MR) is 71.0 cm³/mol. The average Bonchev–Trinajstić information content (AvgIpc) is 2.46. The van der Waals surface area contributed by atoms with Crippen LogP contribution in [0.2, 0.25) is 0 Å². The molecule has 3 heteroatoms. The second kappa shape index (κ2) is 6.07. The first kappa shape index (κ1) is 12.5. The summed E-state index contributed by atoms with van der Waals surface area (Å²) in [6, 6.07) is 15.7. The number of aliphatic hydroxyl groups excluding tert-OH is 1. The topological polar surface area (TPSA) is 38.7 Å². The number of ether oxygens (including phenoxy) is 2. The molecule has 2 aromatic rings. The third kappa shape index (κ3) is 3.02. The smallest absolute Gasteiger partial charge is 0.119 e. The van der Waals surface area contributed by atoms with Gasteiger partial charge < -0.3 is 14.6 Å². The Morgan fingerprint density at radius 3 is 1.78 bits per heavy atom. The second-order valence-electron chi connectivity index (χ2n) is 3.82. The zero-order chi connectivity index (χ0) is 12.8. The number of hydrogen-bond acceptors (Lipinski definition) is 3. The third-order valence-corrected chi connectivity index (χ3v) is 2.64. The van der Waals surface area contributed by atoms with Gasteiger partial charge in [0.25, 0.3) is 0 Å². The summed E-state index contributed by atoms with van der Waals surface area (Å²) in [5, 5.41) is 8.67. The van der Waals surface area contributed by atoms with Crippen molar-refractivity contribution in [2.75, 3.05) is 20.3 Å². The fraction of sp³-hybridized carbons (Fsp3) is 0.200. The molecule has 2 rings (SSSR count). The number of benzene rings is 2. The Kier molecular flexibility index (Phi) is 4.20. The van der Waals surface area contributed by atoms with Crippen LogP contribution in [0.1, 0.15) is 0 Å². The first-order valence-corrected chi connectivity index (χ1v) is 5.81. The Morgan fingerprint density at radius 1 is 0.833 bits per heavy atom. The minimum absolute atomic E-state index is 0.0280. The predicted octanol–water partition coefficient (Wildman–Crippen LogP) is 2.73. The molecule has 94 valence electrons. The molecular formula is C15H16O3. The van der Waals surface area contributed by atoms with Gasteiger partial charge in [-0.1, -0.05) is 24.3 Å². The summed E-state index contributed by atoms with van der Waals surface area (Å²) in [5.41, 5.74) is 2.25. The van der Waals surface area contributed by atoms with Crippen molar-refractivity contribution in [3.8, 4) is 22.6 Å². The molecule has 18 heavy (non-hydrogen) atoms. The van der Waals surface area contributed by atoms with E-state index in [9.17, 15) is 0 Å². The fourth-order valence-electron chi connectivity index (χ4n) is 1.69. The van der Waals surface area contributed by atoms with E-state index in [2.05, 4.69) is 0 Å². The van der Waals surface area contributed by atoms with Crippen LogP contribution >= 0.6 is 0 Å². The van der Waals surface area contributed by atoms with E-state index in [1.54, 1.807) is 7.11 Å². The van der Waals surface area contributed by atoms with Gasteiger partial charge in [-0.15, -0.1) is 0 Å². The van der Waals surface area contributed by atoms with Crippen LogP contribution in [-0.2, 0) is 0 Å². The standard InChI is InChI=1S/C15H16O3/c1-17-14-6-2-12(3-7-14)13-4-8-15(9-5-13)18-11-10-16/h2-9,16H,10-11H2,1H3. The molecule has 0 saturated carbocycles. The summed E-state index contributed by atoms with van der Waals surface area (Å²) in [6.07, 6.45) is 0. The Balaban J connectivity index is 2.12. The minimum atomic E-state index is 0.0280. The first-order chi connectivity index (χ1) is 8.83. The Bertz CT molecular complexity index is 474. The first-order valence-electron chi connectivity index (χ1n) is 5.81. The third-order valence-electron chi connectivity index (χ3n) is 2.64. The van der Waals surface area contributed by atoms with Crippen LogP contribution in [0, 0.1) is 0 Å². The molecule has 0 unspecified atom stereocenters. The van der Waals surface area contributed by atoms with Crippen molar-refractivity contribution < 1.29 is 14.6 Å². The molecule has 0 radical (unpaired) electrons. The number of rotatable bonds is 5. The van der Waals surface area contributed by atoms with Gasteiger partial charge in [0.15, 0.2) is 0 Å². The van der Waals surface area contributed by atoms with Gasteiger partial charge in [0.1, 0.15) is 18.1 Å². The maximum atomic E-state index is 8.67. The monoisotopic (exact) mass is 244 g/mol. The highest BCUT2D eigenvalue weighted by Crippen LogP contribution is 2.24. The molecule has 0 bridgehead atoms. The van der Waals surface area contributed by atoms with Crippen molar-refractivity contribution >= 4 is 0 Å². The van der Waals surface area contributed by atoms with Crippen molar-refractivity contribution in [3.63, 3.8) is 0 Å². The molecule has 0 amide bonds. The van der Waals surface area contributed by atoms with Crippen molar-refractivity contribution in [2.24, 2.45) is 0 Å². The molecule has 2 aromatic carbocycles. The molecule has 0 aliphatic heterocycles. The molecular weight excluding hydrogens is 228 g/mol. The van der Waals surface area contributed by atoms with E-state index in [4.69, 9.17) is 14.6 Å². The molecule has 0 fully saturated rings. The van der Waals surface area contributed by atoms with E-state index in [1.165, 1.54) is 0 Å². The molecule has 3 nitrogen and oxygen atoms in total. The summed E-state index contributed by atoms with van der Waals surface area (Å²) < 4.78 is 10.4. The molecule has 0 heterocycles. The minimum Gasteiger partial charge on any atom is -0.497 e. The van der Waals surface area contributed by atoms with Crippen molar-refractivity contribution in [1.82, 2.24) is 0 Å². The van der Waals surface area contributed by atoms with Gasteiger partial charge in [0.05, 0.1) is 13.7 Å². The van der Waals surface area contributed by atoms with Crippen LogP contribution in [0.3, 0.4) is 0 Å². The number of hydrogen-bond donors (Lipinski definition) is 1. The van der Waals surface area contributed by atoms with Gasteiger partial charge in [0.2, 0.25) is 0 Å². The normalized spacial score (nSPS) is 10.1. The van der Waals surface area contributed by atoms with Gasteiger partial charge >= 0.3 is 0 Å².